The van der Waals surface area contributed by atoms with Crippen LogP contribution in [0.1, 0.15) is 47.3 Å². The van der Waals surface area contributed by atoms with Crippen molar-refractivity contribution >= 4 is 16.9 Å². The number of nitrogens with zero attached hydrogens (tertiary/aromatic N) is 9. The lowest BCUT2D eigenvalue weighted by atomic mass is 9.97. The lowest BCUT2D eigenvalue weighted by Crippen LogP contribution is -2.56. The van der Waals surface area contributed by atoms with E-state index in [1.54, 1.807) is 11.2 Å². The zero-order valence-electron chi connectivity index (χ0n) is 22.3. The smallest absolute Gasteiger partial charge is 0.346 e. The zero-order chi connectivity index (χ0) is 28.1. The molecule has 0 atom stereocenters. The lowest BCUT2D eigenvalue weighted by Gasteiger charge is -2.47. The maximum Gasteiger partial charge on any atom is 0.451 e. The van der Waals surface area contributed by atoms with Crippen LogP contribution in [0, 0.1) is 0 Å². The van der Waals surface area contributed by atoms with Crippen LogP contribution < -0.4 is 0 Å². The summed E-state index contributed by atoms with van der Waals surface area (Å²) in [6.45, 7) is 4.58. The number of halogens is 3. The van der Waals surface area contributed by atoms with Crippen molar-refractivity contribution in [1.29, 1.82) is 0 Å². The Morgan fingerprint density at radius 3 is 2.59 bits per heavy atom. The van der Waals surface area contributed by atoms with Crippen molar-refractivity contribution in [2.45, 2.75) is 44.1 Å². The molecule has 0 saturated carbocycles. The number of aromatic amines is 1. The molecular weight excluding hydrogens is 537 g/mol. The van der Waals surface area contributed by atoms with Gasteiger partial charge < -0.3 is 9.88 Å². The number of carbonyl (C=O) groups excluding carboxylic acids is 1. The van der Waals surface area contributed by atoms with Gasteiger partial charge in [-0.2, -0.15) is 18.3 Å². The molecule has 7 rings (SSSR count). The number of fused-ring (bicyclic) bond motifs is 1. The number of rotatable bonds is 6. The highest BCUT2D eigenvalue weighted by Gasteiger charge is 2.39. The van der Waals surface area contributed by atoms with Gasteiger partial charge in [0.2, 0.25) is 5.82 Å². The maximum atomic E-state index is 13.5. The fraction of sp³-hybridized carbons (Fsp3) is 0.481. The molecule has 3 fully saturated rings. The van der Waals surface area contributed by atoms with E-state index in [2.05, 4.69) is 34.9 Å². The SMILES string of the molecule is O=C(c1cc(CN2CCC2)nc(C(F)(F)F)n1)N1CCC(N2CC(n3cc(-c4ncnc5[nH]ccc45)cn3)C2)CC1. The Morgan fingerprint density at radius 1 is 1.05 bits per heavy atom. The van der Waals surface area contributed by atoms with E-state index in [4.69, 9.17) is 0 Å². The molecule has 0 unspecified atom stereocenters. The van der Waals surface area contributed by atoms with Gasteiger partial charge >= 0.3 is 6.18 Å². The molecule has 3 saturated heterocycles. The number of nitrogens with one attached hydrogen (secondary N) is 1. The average Bonchev–Trinajstić information content (AvgIpc) is 3.59. The number of hydrogen-bond donors (Lipinski definition) is 1. The number of likely N-dealkylation sites (tertiary alicyclic amines) is 3. The van der Waals surface area contributed by atoms with Crippen LogP contribution in [0.25, 0.3) is 22.3 Å². The monoisotopic (exact) mass is 566 g/mol. The summed E-state index contributed by atoms with van der Waals surface area (Å²) in [7, 11) is 0. The number of H-pyrrole nitrogens is 1. The molecule has 0 aliphatic carbocycles. The zero-order valence-corrected chi connectivity index (χ0v) is 22.3. The van der Waals surface area contributed by atoms with Crippen LogP contribution in [0.15, 0.2) is 37.1 Å². The van der Waals surface area contributed by atoms with Gasteiger partial charge in [0.15, 0.2) is 0 Å². The largest absolute Gasteiger partial charge is 0.451 e. The van der Waals surface area contributed by atoms with Gasteiger partial charge in [0, 0.05) is 62.1 Å². The molecule has 4 aromatic heterocycles. The molecule has 7 heterocycles. The van der Waals surface area contributed by atoms with E-state index in [0.717, 1.165) is 67.7 Å². The van der Waals surface area contributed by atoms with Crippen molar-refractivity contribution in [2.75, 3.05) is 39.3 Å². The normalized spacial score (nSPS) is 19.4. The average molecular weight is 567 g/mol. The van der Waals surface area contributed by atoms with Gasteiger partial charge in [-0.25, -0.2) is 19.9 Å². The Kier molecular flexibility index (Phi) is 6.46. The van der Waals surface area contributed by atoms with Gasteiger partial charge in [-0.05, 0) is 44.5 Å². The second kappa shape index (κ2) is 10.2. The van der Waals surface area contributed by atoms with Crippen molar-refractivity contribution in [3.8, 4) is 11.3 Å². The molecule has 3 aliphatic rings. The first kappa shape index (κ1) is 26.0. The molecule has 0 bridgehead atoms. The van der Waals surface area contributed by atoms with Gasteiger partial charge in [-0.3, -0.25) is 19.3 Å². The number of carbonyl (C=O) groups is 1. The van der Waals surface area contributed by atoms with Crippen LogP contribution in [-0.2, 0) is 12.7 Å². The lowest BCUT2D eigenvalue weighted by molar-refractivity contribution is -0.145. The third-order valence-electron chi connectivity index (χ3n) is 8.35. The quantitative estimate of drug-likeness (QED) is 0.379. The third kappa shape index (κ3) is 5.05. The Hall–Kier alpha value is -3.91. The minimum absolute atomic E-state index is 0.180. The summed E-state index contributed by atoms with van der Waals surface area (Å²) < 4.78 is 42.4. The van der Waals surface area contributed by atoms with Gasteiger partial charge in [-0.1, -0.05) is 0 Å². The Balaban J connectivity index is 0.959. The standard InChI is InChI=1S/C27H29F3N10O/c28-27(29,30)26-35-18(13-37-6-1-7-37)10-22(36-26)25(41)38-8-3-19(4-9-38)39-14-20(15-39)40-12-17(11-34-40)23-21-2-5-31-24(21)33-16-32-23/h2,5,10-12,16,19-20H,1,3-4,6-9,13-15H2,(H,31,32,33). The van der Waals surface area contributed by atoms with E-state index < -0.39 is 17.9 Å². The Bertz CT molecular complexity index is 1560. The predicted molar refractivity (Wildman–Crippen MR) is 142 cm³/mol. The first-order valence-electron chi connectivity index (χ1n) is 13.9. The summed E-state index contributed by atoms with van der Waals surface area (Å²) in [5.41, 5.74) is 2.62. The van der Waals surface area contributed by atoms with Crippen LogP contribution in [-0.4, -0.2) is 101 Å². The number of aromatic nitrogens is 7. The van der Waals surface area contributed by atoms with Crippen LogP contribution in [0.4, 0.5) is 13.2 Å². The molecular formula is C27H29F3N10O. The fourth-order valence-electron chi connectivity index (χ4n) is 5.90. The minimum Gasteiger partial charge on any atom is -0.346 e. The predicted octanol–water partition coefficient (Wildman–Crippen LogP) is 3.00. The Morgan fingerprint density at radius 2 is 1.85 bits per heavy atom. The molecule has 214 valence electrons. The summed E-state index contributed by atoms with van der Waals surface area (Å²) in [5.74, 6) is -1.72. The topological polar surface area (TPSA) is 112 Å². The molecule has 0 radical (unpaired) electrons. The molecule has 14 heteroatoms. The van der Waals surface area contributed by atoms with Crippen molar-refractivity contribution in [1.82, 2.24) is 49.4 Å². The highest BCUT2D eigenvalue weighted by atomic mass is 19.4. The van der Waals surface area contributed by atoms with Crippen molar-refractivity contribution in [2.24, 2.45) is 0 Å². The number of amides is 1. The molecule has 0 aromatic carbocycles. The van der Waals surface area contributed by atoms with E-state index >= 15 is 0 Å². The van der Waals surface area contributed by atoms with E-state index in [9.17, 15) is 18.0 Å². The molecule has 1 amide bonds. The second-order valence-corrected chi connectivity index (χ2v) is 11.0. The Labute approximate surface area is 233 Å². The van der Waals surface area contributed by atoms with E-state index in [0.29, 0.717) is 19.1 Å². The van der Waals surface area contributed by atoms with Crippen LogP contribution >= 0.6 is 0 Å². The van der Waals surface area contributed by atoms with Gasteiger partial charge in [0.1, 0.15) is 17.7 Å². The summed E-state index contributed by atoms with van der Waals surface area (Å²) >= 11 is 0. The highest BCUT2D eigenvalue weighted by molar-refractivity contribution is 5.92. The maximum absolute atomic E-state index is 13.5. The highest BCUT2D eigenvalue weighted by Crippen LogP contribution is 2.31. The molecule has 0 spiro atoms. The second-order valence-electron chi connectivity index (χ2n) is 11.0. The molecule has 3 aliphatic heterocycles. The summed E-state index contributed by atoms with van der Waals surface area (Å²) in [6, 6.07) is 3.93. The number of piperidine rings is 1. The fourth-order valence-corrected chi connectivity index (χ4v) is 5.90. The molecule has 1 N–H and O–H groups in total. The van der Waals surface area contributed by atoms with E-state index in [1.165, 1.54) is 6.07 Å². The number of alkyl halides is 3. The van der Waals surface area contributed by atoms with E-state index in [1.807, 2.05) is 34.2 Å². The third-order valence-corrected chi connectivity index (χ3v) is 8.35. The van der Waals surface area contributed by atoms with Crippen molar-refractivity contribution in [3.63, 3.8) is 0 Å². The van der Waals surface area contributed by atoms with Crippen LogP contribution in [0.2, 0.25) is 0 Å². The molecule has 11 nitrogen and oxygen atoms in total. The summed E-state index contributed by atoms with van der Waals surface area (Å²) in [6.07, 6.45) is 5.05. The van der Waals surface area contributed by atoms with Crippen LogP contribution in [0.3, 0.4) is 0 Å². The number of hydrogen-bond acceptors (Lipinski definition) is 8. The summed E-state index contributed by atoms with van der Waals surface area (Å²) in [5, 5.41) is 5.54. The van der Waals surface area contributed by atoms with Gasteiger partial charge in [-0.15, -0.1) is 0 Å². The summed E-state index contributed by atoms with van der Waals surface area (Å²) in [4.78, 5) is 38.3. The van der Waals surface area contributed by atoms with Gasteiger partial charge in [0.05, 0.1) is 23.6 Å². The van der Waals surface area contributed by atoms with Crippen molar-refractivity contribution < 1.29 is 18.0 Å². The van der Waals surface area contributed by atoms with Crippen LogP contribution in [0.5, 0.6) is 0 Å². The van der Waals surface area contributed by atoms with Crippen molar-refractivity contribution in [3.05, 3.63) is 54.3 Å². The van der Waals surface area contributed by atoms with E-state index in [-0.39, 0.29) is 24.0 Å². The first-order chi connectivity index (χ1) is 19.8. The minimum atomic E-state index is -4.71. The molecule has 4 aromatic rings. The molecule has 41 heavy (non-hydrogen) atoms. The first-order valence-corrected chi connectivity index (χ1v) is 13.9. The van der Waals surface area contributed by atoms with Gasteiger partial charge in [0.25, 0.3) is 5.91 Å².